The van der Waals surface area contributed by atoms with Gasteiger partial charge >= 0.3 is 24.7 Å². The van der Waals surface area contributed by atoms with Crippen LogP contribution < -0.4 is 0 Å². The average Bonchev–Trinajstić information content (AvgIpc) is 2.47. The van der Waals surface area contributed by atoms with Gasteiger partial charge in [-0.1, -0.05) is 55.4 Å². The molecule has 0 fully saturated rings. The van der Waals surface area contributed by atoms with Crippen molar-refractivity contribution in [1.29, 1.82) is 0 Å². The zero-order chi connectivity index (χ0) is 34.2. The van der Waals surface area contributed by atoms with E-state index in [1.807, 2.05) is 0 Å². The first-order valence-electron chi connectivity index (χ1n) is 11.4. The van der Waals surface area contributed by atoms with E-state index in [0.29, 0.717) is 5.41 Å². The van der Waals surface area contributed by atoms with E-state index in [2.05, 4.69) is 27.7 Å². The summed E-state index contributed by atoms with van der Waals surface area (Å²) < 4.78 is 170. The van der Waals surface area contributed by atoms with Gasteiger partial charge in [0.05, 0.1) is 6.17 Å². The lowest BCUT2D eigenvalue weighted by Gasteiger charge is -2.29. The van der Waals surface area contributed by atoms with Crippen LogP contribution in [0, 0.1) is 22.7 Å². The van der Waals surface area contributed by atoms with E-state index in [9.17, 15) is 65.9 Å². The smallest absolute Gasteiger partial charge is 0.248 e. The lowest BCUT2D eigenvalue weighted by molar-refractivity contribution is -0.327. The van der Waals surface area contributed by atoms with Gasteiger partial charge in [-0.2, -0.15) is 52.7 Å². The molecule has 0 unspecified atom stereocenters. The molecule has 0 amide bonds. The van der Waals surface area contributed by atoms with Crippen molar-refractivity contribution in [2.45, 2.75) is 134 Å². The van der Waals surface area contributed by atoms with E-state index in [0.717, 1.165) is 41.5 Å². The third-order valence-corrected chi connectivity index (χ3v) is 2.73. The Morgan fingerprint density at radius 3 is 0.462 bits per heavy atom. The SMILES string of the molecule is CC(C)(C(F)(F)F)C(F)(F)F.CC(C)(C)C.CC(C)(F)F.CC(C)C(F)(F)F.CC(C)C(F)(F)F.CC(C)F. The monoisotopic (exact) mass is 618 g/mol. The van der Waals surface area contributed by atoms with Crippen molar-refractivity contribution in [2.24, 2.45) is 22.7 Å². The molecule has 0 aliphatic rings. The van der Waals surface area contributed by atoms with Crippen molar-refractivity contribution in [3.05, 3.63) is 0 Å². The summed E-state index contributed by atoms with van der Waals surface area (Å²) in [4.78, 5) is 0. The summed E-state index contributed by atoms with van der Waals surface area (Å²) in [6, 6.07) is 0. The maximum absolute atomic E-state index is 11.6. The van der Waals surface area contributed by atoms with Crippen molar-refractivity contribution in [2.75, 3.05) is 0 Å². The Bertz CT molecular complexity index is 488. The molecule has 0 heterocycles. The molecule has 0 aromatic heterocycles. The second-order valence-corrected chi connectivity index (χ2v) is 11.4. The van der Waals surface area contributed by atoms with E-state index < -0.39 is 54.1 Å². The molecular weight excluding hydrogens is 573 g/mol. The van der Waals surface area contributed by atoms with Crippen molar-refractivity contribution in [3.63, 3.8) is 0 Å². The number of halogens is 15. The van der Waals surface area contributed by atoms with Gasteiger partial charge in [0.25, 0.3) is 0 Å². The summed E-state index contributed by atoms with van der Waals surface area (Å²) in [5.41, 5.74) is -3.12. The van der Waals surface area contributed by atoms with Crippen molar-refractivity contribution >= 4 is 0 Å². The van der Waals surface area contributed by atoms with Crippen LogP contribution in [0.5, 0.6) is 0 Å². The topological polar surface area (TPSA) is 0 Å². The maximum Gasteiger partial charge on any atom is 0.402 e. The van der Waals surface area contributed by atoms with E-state index in [1.165, 1.54) is 13.8 Å². The highest BCUT2D eigenvalue weighted by Gasteiger charge is 2.64. The number of rotatable bonds is 0. The molecule has 0 spiro atoms. The molecule has 0 bridgehead atoms. The molecule has 0 saturated heterocycles. The fourth-order valence-electron chi connectivity index (χ4n) is 0.161. The van der Waals surface area contributed by atoms with Gasteiger partial charge in [0, 0.05) is 11.8 Å². The average molecular weight is 619 g/mol. The molecule has 0 nitrogen and oxygen atoms in total. The first-order chi connectivity index (χ1) is 16.1. The van der Waals surface area contributed by atoms with Gasteiger partial charge in [0.2, 0.25) is 5.92 Å². The summed E-state index contributed by atoms with van der Waals surface area (Å²) in [7, 11) is 0. The van der Waals surface area contributed by atoms with E-state index in [-0.39, 0.29) is 13.8 Å². The summed E-state index contributed by atoms with van der Waals surface area (Å²) >= 11 is 0. The minimum absolute atomic E-state index is 0.104. The van der Waals surface area contributed by atoms with Gasteiger partial charge in [-0.25, -0.2) is 13.2 Å². The van der Waals surface area contributed by atoms with E-state index >= 15 is 0 Å². The highest BCUT2D eigenvalue weighted by Crippen LogP contribution is 2.49. The van der Waals surface area contributed by atoms with Crippen LogP contribution in [0.1, 0.15) is 96.9 Å². The minimum atomic E-state index is -5.24. The summed E-state index contributed by atoms with van der Waals surface area (Å²) in [6.07, 6.45) is -19.2. The Kier molecular flexibility index (Phi) is 24.9. The standard InChI is InChI=1S/C5H6F6.C5H12.2C4H7F3.C3H6F2.C3H7F/c1-3(2,4(6,7)8)5(9,10)11;1-5(2,3)4;2*1-3(2)4(5,6)7;1-3(2,4)5;1-3(2)4/h1-2H3;1-4H3;2*3H,1-2H3;1-2H3;3H,1-2H3. The molecule has 0 aromatic rings. The Labute approximate surface area is 223 Å². The maximum atomic E-state index is 11.6. The van der Waals surface area contributed by atoms with Crippen molar-refractivity contribution in [3.8, 4) is 0 Å². The van der Waals surface area contributed by atoms with E-state index in [1.54, 1.807) is 0 Å². The molecule has 39 heavy (non-hydrogen) atoms. The van der Waals surface area contributed by atoms with Crippen LogP contribution in [-0.2, 0) is 0 Å². The molecule has 0 aliphatic carbocycles. The first kappa shape index (κ1) is 50.8. The van der Waals surface area contributed by atoms with Gasteiger partial charge < -0.3 is 0 Å². The third-order valence-electron chi connectivity index (χ3n) is 2.73. The second kappa shape index (κ2) is 19.1. The zero-order valence-corrected chi connectivity index (χ0v) is 24.9. The van der Waals surface area contributed by atoms with Gasteiger partial charge in [-0.15, -0.1) is 0 Å². The van der Waals surface area contributed by atoms with Crippen LogP contribution in [0.25, 0.3) is 0 Å². The molecule has 0 aromatic carbocycles. The molecular formula is C24H45F15. The predicted octanol–water partition coefficient (Wildman–Crippen LogP) is 12.6. The summed E-state index contributed by atoms with van der Waals surface area (Å²) in [6.45, 7) is 18.2. The molecule has 15 heteroatoms. The fraction of sp³-hybridized carbons (Fsp3) is 1.00. The highest BCUT2D eigenvalue weighted by molar-refractivity contribution is 4.84. The van der Waals surface area contributed by atoms with Crippen LogP contribution >= 0.6 is 0 Å². The Morgan fingerprint density at radius 2 is 0.462 bits per heavy atom. The van der Waals surface area contributed by atoms with Crippen LogP contribution in [0.3, 0.4) is 0 Å². The van der Waals surface area contributed by atoms with Crippen LogP contribution in [0.2, 0.25) is 0 Å². The molecule has 0 saturated carbocycles. The molecule has 246 valence electrons. The van der Waals surface area contributed by atoms with Gasteiger partial charge in [0.15, 0.2) is 5.41 Å². The quantitative estimate of drug-likeness (QED) is 0.237. The van der Waals surface area contributed by atoms with Crippen LogP contribution in [0.4, 0.5) is 65.9 Å². The molecule has 0 aliphatic heterocycles. The predicted molar refractivity (Wildman–Crippen MR) is 125 cm³/mol. The molecule has 0 radical (unpaired) electrons. The molecule has 0 N–H and O–H groups in total. The molecule has 0 atom stereocenters. The van der Waals surface area contributed by atoms with Crippen molar-refractivity contribution < 1.29 is 65.9 Å². The highest BCUT2D eigenvalue weighted by atomic mass is 19.4. The number of hydrogen-bond acceptors (Lipinski definition) is 0. The lowest BCUT2D eigenvalue weighted by atomic mass is 9.92. The van der Waals surface area contributed by atoms with E-state index in [4.69, 9.17) is 0 Å². The van der Waals surface area contributed by atoms with Gasteiger partial charge in [0.1, 0.15) is 0 Å². The van der Waals surface area contributed by atoms with Gasteiger partial charge in [-0.05, 0) is 47.0 Å². The Balaban J connectivity index is -0.0000000869. The normalized spacial score (nSPS) is 12.9. The third kappa shape index (κ3) is 53.9. The van der Waals surface area contributed by atoms with Gasteiger partial charge in [-0.3, -0.25) is 0 Å². The van der Waals surface area contributed by atoms with Crippen molar-refractivity contribution in [1.82, 2.24) is 0 Å². The van der Waals surface area contributed by atoms with Crippen LogP contribution in [0.15, 0.2) is 0 Å². The fourth-order valence-corrected chi connectivity index (χ4v) is 0.161. The Morgan fingerprint density at radius 1 is 0.385 bits per heavy atom. The minimum Gasteiger partial charge on any atom is -0.248 e. The van der Waals surface area contributed by atoms with Crippen LogP contribution in [-0.4, -0.2) is 36.8 Å². The summed E-state index contributed by atoms with van der Waals surface area (Å²) in [5, 5.41) is 0. The zero-order valence-electron chi connectivity index (χ0n) is 24.9. The Hall–Kier alpha value is -1.05. The second-order valence-electron chi connectivity index (χ2n) is 11.4. The molecule has 0 rings (SSSR count). The first-order valence-corrected chi connectivity index (χ1v) is 11.4. The number of hydrogen-bond donors (Lipinski definition) is 0. The summed E-state index contributed by atoms with van der Waals surface area (Å²) in [5.74, 6) is -4.90. The lowest BCUT2D eigenvalue weighted by Crippen LogP contribution is -2.44. The largest absolute Gasteiger partial charge is 0.402 e. The number of alkyl halides is 15.